The molecule has 1 fully saturated rings. The fraction of sp³-hybridized carbons (Fsp3) is 0.316. The van der Waals surface area contributed by atoms with Crippen molar-refractivity contribution in [1.29, 1.82) is 0 Å². The summed E-state index contributed by atoms with van der Waals surface area (Å²) in [5.41, 5.74) is 10.3. The van der Waals surface area contributed by atoms with Crippen LogP contribution in [-0.4, -0.2) is 34.8 Å². The Balaban J connectivity index is 1.85. The highest BCUT2D eigenvalue weighted by Gasteiger charge is 2.24. The zero-order chi connectivity index (χ0) is 15.8. The third-order valence-corrected chi connectivity index (χ3v) is 4.89. The fourth-order valence-electron chi connectivity index (χ4n) is 3.54. The molecular weight excluding hydrogens is 284 g/mol. The number of para-hydroxylation sites is 3. The average Bonchev–Trinajstić information content (AvgIpc) is 2.96. The Labute approximate surface area is 136 Å². The zero-order valence-corrected chi connectivity index (χ0v) is 13.4. The van der Waals surface area contributed by atoms with Crippen LogP contribution in [0.1, 0.15) is 24.5 Å². The molecule has 1 aliphatic rings. The van der Waals surface area contributed by atoms with Gasteiger partial charge in [-0.15, -0.1) is 0 Å². The summed E-state index contributed by atoms with van der Waals surface area (Å²) in [6.45, 7) is 2.28. The molecule has 0 atom stereocenters. The summed E-state index contributed by atoms with van der Waals surface area (Å²) >= 11 is 0. The molecule has 23 heavy (non-hydrogen) atoms. The second-order valence-electron chi connectivity index (χ2n) is 6.45. The molecule has 3 aromatic rings. The lowest BCUT2D eigenvalue weighted by Gasteiger charge is -2.28. The van der Waals surface area contributed by atoms with Gasteiger partial charge in [-0.1, -0.05) is 30.3 Å². The SMILES string of the molecule is CN1CCC(c2nn(-c3ccccc3N)c3ccccc23)CC1. The minimum atomic E-state index is 0.530. The molecule has 0 unspecified atom stereocenters. The van der Waals surface area contributed by atoms with Gasteiger partial charge in [-0.25, -0.2) is 4.68 Å². The summed E-state index contributed by atoms with van der Waals surface area (Å²) in [7, 11) is 2.19. The number of likely N-dealkylation sites (tertiary alicyclic amines) is 1. The standard InChI is InChI=1S/C19H22N4/c1-22-12-10-14(11-13-22)19-15-6-2-4-8-17(15)23(21-19)18-9-5-3-7-16(18)20/h2-9,14H,10-13,20H2,1H3. The van der Waals surface area contributed by atoms with E-state index in [9.17, 15) is 0 Å². The Bertz CT molecular complexity index is 828. The molecule has 4 heteroatoms. The lowest BCUT2D eigenvalue weighted by molar-refractivity contribution is 0.253. The summed E-state index contributed by atoms with van der Waals surface area (Å²) in [6, 6.07) is 16.4. The minimum absolute atomic E-state index is 0.530. The van der Waals surface area contributed by atoms with Crippen molar-refractivity contribution in [3.05, 3.63) is 54.2 Å². The van der Waals surface area contributed by atoms with E-state index in [4.69, 9.17) is 10.8 Å². The molecule has 2 aromatic carbocycles. The molecule has 2 N–H and O–H groups in total. The Kier molecular flexibility index (Phi) is 3.54. The van der Waals surface area contributed by atoms with E-state index in [0.717, 1.165) is 30.0 Å². The largest absolute Gasteiger partial charge is 0.397 e. The van der Waals surface area contributed by atoms with E-state index in [1.807, 2.05) is 28.9 Å². The average molecular weight is 306 g/mol. The number of hydrogen-bond donors (Lipinski definition) is 1. The van der Waals surface area contributed by atoms with E-state index < -0.39 is 0 Å². The topological polar surface area (TPSA) is 47.1 Å². The number of fused-ring (bicyclic) bond motifs is 1. The van der Waals surface area contributed by atoms with E-state index in [-0.39, 0.29) is 0 Å². The summed E-state index contributed by atoms with van der Waals surface area (Å²) in [5.74, 6) is 0.530. The van der Waals surface area contributed by atoms with Gasteiger partial charge in [0, 0.05) is 11.3 Å². The smallest absolute Gasteiger partial charge is 0.0882 e. The number of anilines is 1. The van der Waals surface area contributed by atoms with Gasteiger partial charge in [0.2, 0.25) is 0 Å². The molecule has 0 saturated carbocycles. The summed E-state index contributed by atoms with van der Waals surface area (Å²) in [4.78, 5) is 2.39. The number of nitrogen functional groups attached to an aromatic ring is 1. The number of rotatable bonds is 2. The van der Waals surface area contributed by atoms with E-state index in [2.05, 4.69) is 36.2 Å². The van der Waals surface area contributed by atoms with E-state index in [0.29, 0.717) is 5.92 Å². The van der Waals surface area contributed by atoms with Crippen molar-refractivity contribution in [2.45, 2.75) is 18.8 Å². The van der Waals surface area contributed by atoms with Gasteiger partial charge in [-0.3, -0.25) is 0 Å². The zero-order valence-electron chi connectivity index (χ0n) is 13.4. The maximum absolute atomic E-state index is 6.18. The molecule has 2 heterocycles. The summed E-state index contributed by atoms with van der Waals surface area (Å²) in [5, 5.41) is 6.24. The first-order chi connectivity index (χ1) is 11.2. The van der Waals surface area contributed by atoms with Gasteiger partial charge in [0.25, 0.3) is 0 Å². The van der Waals surface area contributed by atoms with Crippen LogP contribution >= 0.6 is 0 Å². The van der Waals surface area contributed by atoms with Crippen molar-refractivity contribution >= 4 is 16.6 Å². The highest BCUT2D eigenvalue weighted by Crippen LogP contribution is 2.33. The molecule has 4 nitrogen and oxygen atoms in total. The second-order valence-corrected chi connectivity index (χ2v) is 6.45. The third kappa shape index (κ3) is 2.49. The van der Waals surface area contributed by atoms with E-state index in [1.165, 1.54) is 23.9 Å². The molecule has 0 aliphatic carbocycles. The minimum Gasteiger partial charge on any atom is -0.397 e. The normalized spacial score (nSPS) is 16.9. The lowest BCUT2D eigenvalue weighted by atomic mass is 9.92. The Morgan fingerprint density at radius 1 is 1.00 bits per heavy atom. The molecule has 118 valence electrons. The molecule has 4 rings (SSSR count). The van der Waals surface area contributed by atoms with Crippen LogP contribution in [0.5, 0.6) is 0 Å². The van der Waals surface area contributed by atoms with Crippen molar-refractivity contribution in [3.8, 4) is 5.69 Å². The van der Waals surface area contributed by atoms with Crippen molar-refractivity contribution in [2.75, 3.05) is 25.9 Å². The number of aromatic nitrogens is 2. The van der Waals surface area contributed by atoms with E-state index in [1.54, 1.807) is 0 Å². The fourth-order valence-corrected chi connectivity index (χ4v) is 3.54. The first-order valence-corrected chi connectivity index (χ1v) is 8.25. The molecule has 0 amide bonds. The van der Waals surface area contributed by atoms with Gasteiger partial charge in [-0.2, -0.15) is 5.10 Å². The Hall–Kier alpha value is -2.33. The molecule has 1 aliphatic heterocycles. The molecule has 1 aromatic heterocycles. The van der Waals surface area contributed by atoms with Crippen molar-refractivity contribution in [2.24, 2.45) is 0 Å². The molecule has 0 spiro atoms. The van der Waals surface area contributed by atoms with Gasteiger partial charge in [0.1, 0.15) is 0 Å². The summed E-state index contributed by atoms with van der Waals surface area (Å²) in [6.07, 6.45) is 2.34. The molecule has 0 radical (unpaired) electrons. The van der Waals surface area contributed by atoms with Crippen LogP contribution in [0.3, 0.4) is 0 Å². The molecule has 0 bridgehead atoms. The van der Waals surface area contributed by atoms with Crippen LogP contribution < -0.4 is 5.73 Å². The molecular formula is C19H22N4. The Morgan fingerprint density at radius 3 is 2.48 bits per heavy atom. The predicted molar refractivity (Wildman–Crippen MR) is 95.0 cm³/mol. The highest BCUT2D eigenvalue weighted by molar-refractivity contribution is 5.85. The quantitative estimate of drug-likeness (QED) is 0.738. The maximum atomic E-state index is 6.18. The number of nitrogens with two attached hydrogens (primary N) is 1. The van der Waals surface area contributed by atoms with Crippen LogP contribution in [0.15, 0.2) is 48.5 Å². The molecule has 1 saturated heterocycles. The summed E-state index contributed by atoms with van der Waals surface area (Å²) < 4.78 is 2.01. The number of piperidine rings is 1. The van der Waals surface area contributed by atoms with Gasteiger partial charge < -0.3 is 10.6 Å². The van der Waals surface area contributed by atoms with Gasteiger partial charge in [0.15, 0.2) is 0 Å². The highest BCUT2D eigenvalue weighted by atomic mass is 15.3. The third-order valence-electron chi connectivity index (χ3n) is 4.89. The van der Waals surface area contributed by atoms with Gasteiger partial charge in [0.05, 0.1) is 22.6 Å². The van der Waals surface area contributed by atoms with Crippen LogP contribution in [0.25, 0.3) is 16.6 Å². The number of nitrogens with zero attached hydrogens (tertiary/aromatic N) is 3. The number of benzene rings is 2. The first-order valence-electron chi connectivity index (χ1n) is 8.25. The van der Waals surface area contributed by atoms with Crippen LogP contribution in [-0.2, 0) is 0 Å². The van der Waals surface area contributed by atoms with Crippen molar-refractivity contribution in [1.82, 2.24) is 14.7 Å². The number of hydrogen-bond acceptors (Lipinski definition) is 3. The predicted octanol–water partition coefficient (Wildman–Crippen LogP) is 3.42. The maximum Gasteiger partial charge on any atom is 0.0882 e. The van der Waals surface area contributed by atoms with Gasteiger partial charge in [-0.05, 0) is 51.2 Å². The van der Waals surface area contributed by atoms with Gasteiger partial charge >= 0.3 is 0 Å². The first kappa shape index (κ1) is 14.3. The van der Waals surface area contributed by atoms with E-state index >= 15 is 0 Å². The van der Waals surface area contributed by atoms with Crippen molar-refractivity contribution in [3.63, 3.8) is 0 Å². The van der Waals surface area contributed by atoms with Crippen LogP contribution in [0.2, 0.25) is 0 Å². The van der Waals surface area contributed by atoms with Crippen molar-refractivity contribution < 1.29 is 0 Å². The second kappa shape index (κ2) is 5.70. The van der Waals surface area contributed by atoms with Crippen LogP contribution in [0, 0.1) is 0 Å². The lowest BCUT2D eigenvalue weighted by Crippen LogP contribution is -2.29. The van der Waals surface area contributed by atoms with Crippen LogP contribution in [0.4, 0.5) is 5.69 Å². The Morgan fingerprint density at radius 2 is 1.70 bits per heavy atom. The monoisotopic (exact) mass is 306 g/mol.